The minimum absolute atomic E-state index is 0.304. The van der Waals surface area contributed by atoms with Gasteiger partial charge in [0.05, 0.1) is 0 Å². The van der Waals surface area contributed by atoms with Crippen molar-refractivity contribution in [1.82, 2.24) is 4.90 Å². The lowest BCUT2D eigenvalue weighted by molar-refractivity contribution is -0.138. The van der Waals surface area contributed by atoms with Crippen LogP contribution in [-0.2, 0) is 4.79 Å². The zero-order chi connectivity index (χ0) is 12.8. The van der Waals surface area contributed by atoms with E-state index in [-0.39, 0.29) is 0 Å². The van der Waals surface area contributed by atoms with Crippen molar-refractivity contribution >= 4 is 12.0 Å². The van der Waals surface area contributed by atoms with E-state index in [1.165, 1.54) is 5.56 Å². The SMILES string of the molecule is O=C(O)CC1CCN(CC=Cc2ccccc2)C1. The molecule has 1 atom stereocenters. The van der Waals surface area contributed by atoms with Crippen LogP contribution in [-0.4, -0.2) is 35.6 Å². The summed E-state index contributed by atoms with van der Waals surface area (Å²) in [6.07, 6.45) is 5.58. The van der Waals surface area contributed by atoms with Gasteiger partial charge in [-0.05, 0) is 24.4 Å². The van der Waals surface area contributed by atoms with E-state index in [9.17, 15) is 4.79 Å². The fourth-order valence-electron chi connectivity index (χ4n) is 2.39. The number of hydrogen-bond acceptors (Lipinski definition) is 2. The van der Waals surface area contributed by atoms with Gasteiger partial charge in [-0.1, -0.05) is 42.5 Å². The van der Waals surface area contributed by atoms with Crippen molar-refractivity contribution in [1.29, 1.82) is 0 Å². The average Bonchev–Trinajstić information content (AvgIpc) is 2.77. The Morgan fingerprint density at radius 1 is 1.39 bits per heavy atom. The number of rotatable bonds is 5. The predicted octanol–water partition coefficient (Wildman–Crippen LogP) is 2.50. The van der Waals surface area contributed by atoms with Gasteiger partial charge >= 0.3 is 5.97 Å². The first-order valence-electron chi connectivity index (χ1n) is 6.40. The Kier molecular flexibility index (Phi) is 4.53. The Labute approximate surface area is 108 Å². The molecule has 0 amide bonds. The number of benzene rings is 1. The van der Waals surface area contributed by atoms with E-state index >= 15 is 0 Å². The number of nitrogens with zero attached hydrogens (tertiary/aromatic N) is 1. The van der Waals surface area contributed by atoms with Crippen molar-refractivity contribution in [3.8, 4) is 0 Å². The maximum Gasteiger partial charge on any atom is 0.303 e. The maximum atomic E-state index is 10.6. The summed E-state index contributed by atoms with van der Waals surface area (Å²) in [6, 6.07) is 10.2. The summed E-state index contributed by atoms with van der Waals surface area (Å²) >= 11 is 0. The van der Waals surface area contributed by atoms with Crippen LogP contribution < -0.4 is 0 Å². The molecule has 0 aliphatic carbocycles. The molecule has 0 radical (unpaired) electrons. The van der Waals surface area contributed by atoms with Crippen LogP contribution in [0.25, 0.3) is 6.08 Å². The van der Waals surface area contributed by atoms with Crippen LogP contribution in [0, 0.1) is 5.92 Å². The van der Waals surface area contributed by atoms with E-state index in [0.717, 1.165) is 26.1 Å². The molecule has 1 fully saturated rings. The van der Waals surface area contributed by atoms with Gasteiger partial charge in [0.1, 0.15) is 0 Å². The molecule has 3 nitrogen and oxygen atoms in total. The van der Waals surface area contributed by atoms with Crippen molar-refractivity contribution in [2.45, 2.75) is 12.8 Å². The number of carboxylic acids is 1. The quantitative estimate of drug-likeness (QED) is 0.866. The van der Waals surface area contributed by atoms with E-state index in [1.54, 1.807) is 0 Å². The van der Waals surface area contributed by atoms with Crippen LogP contribution in [0.15, 0.2) is 36.4 Å². The topological polar surface area (TPSA) is 40.5 Å². The Morgan fingerprint density at radius 2 is 2.17 bits per heavy atom. The van der Waals surface area contributed by atoms with Gasteiger partial charge in [-0.2, -0.15) is 0 Å². The van der Waals surface area contributed by atoms with E-state index in [1.807, 2.05) is 18.2 Å². The van der Waals surface area contributed by atoms with Gasteiger partial charge in [0, 0.05) is 19.5 Å². The second kappa shape index (κ2) is 6.36. The summed E-state index contributed by atoms with van der Waals surface area (Å²) in [5.74, 6) is -0.352. The Hall–Kier alpha value is -1.61. The summed E-state index contributed by atoms with van der Waals surface area (Å²) in [6.45, 7) is 2.83. The first-order valence-corrected chi connectivity index (χ1v) is 6.40. The fourth-order valence-corrected chi connectivity index (χ4v) is 2.39. The molecule has 1 aliphatic heterocycles. The van der Waals surface area contributed by atoms with Gasteiger partial charge in [-0.3, -0.25) is 9.69 Å². The number of hydrogen-bond donors (Lipinski definition) is 1. The molecule has 18 heavy (non-hydrogen) atoms. The molecular weight excluding hydrogens is 226 g/mol. The number of carbonyl (C=O) groups is 1. The monoisotopic (exact) mass is 245 g/mol. The third kappa shape index (κ3) is 4.00. The molecule has 1 N–H and O–H groups in total. The van der Waals surface area contributed by atoms with E-state index < -0.39 is 5.97 Å². The highest BCUT2D eigenvalue weighted by molar-refractivity contribution is 5.67. The van der Waals surface area contributed by atoms with Crippen molar-refractivity contribution in [3.63, 3.8) is 0 Å². The molecule has 0 bridgehead atoms. The van der Waals surface area contributed by atoms with Crippen molar-refractivity contribution in [3.05, 3.63) is 42.0 Å². The third-order valence-corrected chi connectivity index (χ3v) is 3.31. The van der Waals surface area contributed by atoms with Crippen LogP contribution in [0.4, 0.5) is 0 Å². The molecule has 1 aromatic carbocycles. The van der Waals surface area contributed by atoms with Gasteiger partial charge in [-0.15, -0.1) is 0 Å². The first kappa shape index (κ1) is 12.8. The largest absolute Gasteiger partial charge is 0.481 e. The minimum Gasteiger partial charge on any atom is -0.481 e. The number of likely N-dealkylation sites (tertiary alicyclic amines) is 1. The minimum atomic E-state index is -0.679. The lowest BCUT2D eigenvalue weighted by atomic mass is 10.1. The zero-order valence-electron chi connectivity index (χ0n) is 10.5. The molecule has 1 unspecified atom stereocenters. The van der Waals surface area contributed by atoms with Gasteiger partial charge in [-0.25, -0.2) is 0 Å². The van der Waals surface area contributed by atoms with Crippen LogP contribution in [0.5, 0.6) is 0 Å². The summed E-state index contributed by atoms with van der Waals surface area (Å²) in [5.41, 5.74) is 1.21. The van der Waals surface area contributed by atoms with Gasteiger partial charge < -0.3 is 5.11 Å². The number of carboxylic acid groups (broad SMARTS) is 1. The normalized spacial score (nSPS) is 20.6. The molecule has 96 valence electrons. The van der Waals surface area contributed by atoms with E-state index in [4.69, 9.17) is 5.11 Å². The molecule has 1 aliphatic rings. The van der Waals surface area contributed by atoms with Gasteiger partial charge in [0.2, 0.25) is 0 Å². The summed E-state index contributed by atoms with van der Waals surface area (Å²) < 4.78 is 0. The zero-order valence-corrected chi connectivity index (χ0v) is 10.5. The van der Waals surface area contributed by atoms with Crippen molar-refractivity contribution < 1.29 is 9.90 Å². The molecule has 3 heteroatoms. The summed E-state index contributed by atoms with van der Waals surface area (Å²) in [5, 5.41) is 8.75. The molecule has 0 aromatic heterocycles. The maximum absolute atomic E-state index is 10.6. The molecule has 0 saturated carbocycles. The second-order valence-corrected chi connectivity index (χ2v) is 4.83. The molecular formula is C15H19NO2. The summed E-state index contributed by atoms with van der Waals surface area (Å²) in [4.78, 5) is 12.9. The van der Waals surface area contributed by atoms with Crippen molar-refractivity contribution in [2.24, 2.45) is 5.92 Å². The molecule has 2 rings (SSSR count). The van der Waals surface area contributed by atoms with E-state index in [0.29, 0.717) is 12.3 Å². The highest BCUT2D eigenvalue weighted by Crippen LogP contribution is 2.19. The van der Waals surface area contributed by atoms with Crippen LogP contribution in [0.2, 0.25) is 0 Å². The summed E-state index contributed by atoms with van der Waals surface area (Å²) in [7, 11) is 0. The Morgan fingerprint density at radius 3 is 2.89 bits per heavy atom. The molecule has 1 saturated heterocycles. The third-order valence-electron chi connectivity index (χ3n) is 3.31. The standard InChI is InChI=1S/C15H19NO2/c17-15(18)11-14-8-10-16(12-14)9-4-7-13-5-2-1-3-6-13/h1-7,14H,8-12H2,(H,17,18). The Bertz CT molecular complexity index is 414. The molecule has 1 heterocycles. The number of aliphatic carboxylic acids is 1. The lowest BCUT2D eigenvalue weighted by Gasteiger charge is -2.12. The lowest BCUT2D eigenvalue weighted by Crippen LogP contribution is -2.21. The Balaban J connectivity index is 1.75. The van der Waals surface area contributed by atoms with Crippen LogP contribution in [0.3, 0.4) is 0 Å². The predicted molar refractivity (Wildman–Crippen MR) is 72.3 cm³/mol. The molecule has 1 aromatic rings. The fraction of sp³-hybridized carbons (Fsp3) is 0.400. The molecule has 0 spiro atoms. The van der Waals surface area contributed by atoms with E-state index in [2.05, 4.69) is 29.2 Å². The van der Waals surface area contributed by atoms with Crippen LogP contribution >= 0.6 is 0 Å². The van der Waals surface area contributed by atoms with Gasteiger partial charge in [0.15, 0.2) is 0 Å². The first-order chi connectivity index (χ1) is 8.74. The highest BCUT2D eigenvalue weighted by atomic mass is 16.4. The second-order valence-electron chi connectivity index (χ2n) is 4.83. The van der Waals surface area contributed by atoms with Crippen molar-refractivity contribution in [2.75, 3.05) is 19.6 Å². The average molecular weight is 245 g/mol. The smallest absolute Gasteiger partial charge is 0.303 e. The highest BCUT2D eigenvalue weighted by Gasteiger charge is 2.23. The van der Waals surface area contributed by atoms with Crippen LogP contribution in [0.1, 0.15) is 18.4 Å². The van der Waals surface area contributed by atoms with Gasteiger partial charge in [0.25, 0.3) is 0 Å².